The predicted octanol–water partition coefficient (Wildman–Crippen LogP) is 12.7. The highest BCUT2D eigenvalue weighted by Crippen LogP contribution is 2.40. The average molecular weight is 666 g/mol. The molecule has 0 N–H and O–H groups in total. The van der Waals surface area contributed by atoms with Crippen LogP contribution in [0.15, 0.2) is 192 Å². The van der Waals surface area contributed by atoms with Gasteiger partial charge in [-0.05, 0) is 65.7 Å². The zero-order valence-electron chi connectivity index (χ0n) is 28.1. The van der Waals surface area contributed by atoms with Crippen molar-refractivity contribution >= 4 is 32.8 Å². The van der Waals surface area contributed by atoms with Gasteiger partial charge < -0.3 is 8.98 Å². The van der Waals surface area contributed by atoms with Gasteiger partial charge >= 0.3 is 0 Å². The third-order valence-electron chi connectivity index (χ3n) is 9.85. The van der Waals surface area contributed by atoms with Gasteiger partial charge in [-0.15, -0.1) is 0 Å². The van der Waals surface area contributed by atoms with Crippen LogP contribution in [0.4, 0.5) is 0 Å². The fourth-order valence-electron chi connectivity index (χ4n) is 7.28. The number of rotatable bonds is 6. The molecule has 0 aliphatic heterocycles. The third kappa shape index (κ3) is 5.17. The SMILES string of the molecule is c1ccc(-c2ccc(-c3cc(-c4ccccc4)nc(-c4ccc(-n5c6ccccc6c6c7oc(-c8ccccc8)cc7ccc65)cc4)n3)cc2)cc1. The first kappa shape index (κ1) is 29.8. The molecule has 0 bridgehead atoms. The Hall–Kier alpha value is -7.04. The molecule has 3 heterocycles. The summed E-state index contributed by atoms with van der Waals surface area (Å²) in [7, 11) is 0. The predicted molar refractivity (Wildman–Crippen MR) is 213 cm³/mol. The maximum Gasteiger partial charge on any atom is 0.160 e. The van der Waals surface area contributed by atoms with E-state index in [1.54, 1.807) is 0 Å². The second kappa shape index (κ2) is 12.4. The molecule has 0 aliphatic rings. The zero-order chi connectivity index (χ0) is 34.4. The largest absolute Gasteiger partial charge is 0.455 e. The lowest BCUT2D eigenvalue weighted by Gasteiger charge is -2.12. The Labute approximate surface area is 300 Å². The fraction of sp³-hybridized carbons (Fsp3) is 0. The van der Waals surface area contributed by atoms with Crippen LogP contribution in [0.5, 0.6) is 0 Å². The second-order valence-electron chi connectivity index (χ2n) is 13.0. The molecule has 4 heteroatoms. The highest BCUT2D eigenvalue weighted by atomic mass is 16.3. The van der Waals surface area contributed by atoms with E-state index in [0.29, 0.717) is 5.82 Å². The first-order chi connectivity index (χ1) is 25.8. The maximum atomic E-state index is 6.60. The van der Waals surface area contributed by atoms with Crippen molar-refractivity contribution in [3.8, 4) is 62.0 Å². The van der Waals surface area contributed by atoms with E-state index in [-0.39, 0.29) is 0 Å². The monoisotopic (exact) mass is 665 g/mol. The van der Waals surface area contributed by atoms with E-state index in [9.17, 15) is 0 Å². The maximum absolute atomic E-state index is 6.60. The van der Waals surface area contributed by atoms with Crippen molar-refractivity contribution in [2.24, 2.45) is 0 Å². The molecule has 0 aliphatic carbocycles. The molecule has 244 valence electrons. The molecule has 7 aromatic carbocycles. The minimum atomic E-state index is 0.683. The quantitative estimate of drug-likeness (QED) is 0.178. The molecule has 10 aromatic rings. The molecule has 3 aromatic heterocycles. The van der Waals surface area contributed by atoms with Gasteiger partial charge in [0.05, 0.1) is 27.8 Å². The number of benzene rings is 7. The van der Waals surface area contributed by atoms with Crippen LogP contribution in [0.2, 0.25) is 0 Å². The van der Waals surface area contributed by atoms with Crippen LogP contribution < -0.4 is 0 Å². The molecule has 10 rings (SSSR count). The number of fused-ring (bicyclic) bond motifs is 5. The Balaban J connectivity index is 1.07. The minimum absolute atomic E-state index is 0.683. The Kier molecular flexibility index (Phi) is 7.10. The van der Waals surface area contributed by atoms with Crippen LogP contribution in [0, 0.1) is 0 Å². The van der Waals surface area contributed by atoms with Gasteiger partial charge in [-0.2, -0.15) is 0 Å². The first-order valence-corrected chi connectivity index (χ1v) is 17.5. The summed E-state index contributed by atoms with van der Waals surface area (Å²) in [5, 5.41) is 3.36. The minimum Gasteiger partial charge on any atom is -0.455 e. The Morgan fingerprint density at radius 1 is 0.404 bits per heavy atom. The summed E-state index contributed by atoms with van der Waals surface area (Å²) in [6.45, 7) is 0. The van der Waals surface area contributed by atoms with Crippen molar-refractivity contribution in [1.29, 1.82) is 0 Å². The highest BCUT2D eigenvalue weighted by molar-refractivity contribution is 6.20. The molecule has 4 nitrogen and oxygen atoms in total. The van der Waals surface area contributed by atoms with Crippen LogP contribution in [0.25, 0.3) is 94.8 Å². The molecule has 0 saturated carbocycles. The van der Waals surface area contributed by atoms with E-state index in [0.717, 1.165) is 77.9 Å². The molecular formula is C48H31N3O. The molecule has 0 saturated heterocycles. The number of hydrogen-bond acceptors (Lipinski definition) is 3. The number of aromatic nitrogens is 3. The van der Waals surface area contributed by atoms with E-state index in [1.807, 2.05) is 42.5 Å². The van der Waals surface area contributed by atoms with Crippen molar-refractivity contribution in [2.75, 3.05) is 0 Å². The van der Waals surface area contributed by atoms with Crippen molar-refractivity contribution in [1.82, 2.24) is 14.5 Å². The highest BCUT2D eigenvalue weighted by Gasteiger charge is 2.18. The van der Waals surface area contributed by atoms with E-state index in [2.05, 4.69) is 150 Å². The lowest BCUT2D eigenvalue weighted by atomic mass is 10.0. The van der Waals surface area contributed by atoms with E-state index >= 15 is 0 Å². The van der Waals surface area contributed by atoms with Crippen LogP contribution in [0.3, 0.4) is 0 Å². The lowest BCUT2D eigenvalue weighted by molar-refractivity contribution is 0.635. The molecule has 52 heavy (non-hydrogen) atoms. The van der Waals surface area contributed by atoms with E-state index in [1.165, 1.54) is 11.1 Å². The summed E-state index contributed by atoms with van der Waals surface area (Å²) in [6, 6.07) is 65.4. The Bertz CT molecular complexity index is 2850. The summed E-state index contributed by atoms with van der Waals surface area (Å²) in [5.74, 6) is 1.55. The average Bonchev–Trinajstić information content (AvgIpc) is 3.82. The summed E-state index contributed by atoms with van der Waals surface area (Å²) in [4.78, 5) is 10.2. The first-order valence-electron chi connectivity index (χ1n) is 17.5. The van der Waals surface area contributed by atoms with Crippen molar-refractivity contribution in [3.05, 3.63) is 188 Å². The molecule has 0 fully saturated rings. The third-order valence-corrected chi connectivity index (χ3v) is 9.85. The lowest BCUT2D eigenvalue weighted by Crippen LogP contribution is -1.97. The second-order valence-corrected chi connectivity index (χ2v) is 13.0. The Morgan fingerprint density at radius 2 is 0.942 bits per heavy atom. The fourth-order valence-corrected chi connectivity index (χ4v) is 7.28. The van der Waals surface area contributed by atoms with Crippen LogP contribution >= 0.6 is 0 Å². The molecule has 0 spiro atoms. The molecular weight excluding hydrogens is 635 g/mol. The van der Waals surface area contributed by atoms with Gasteiger partial charge in [0.2, 0.25) is 0 Å². The van der Waals surface area contributed by atoms with Gasteiger partial charge in [0.25, 0.3) is 0 Å². The zero-order valence-corrected chi connectivity index (χ0v) is 28.1. The molecule has 0 atom stereocenters. The standard InChI is InChI=1S/C48H31N3O/c1-4-12-32(13-5-1)33-20-22-35(23-21-33)42-31-41(34-14-6-2-7-15-34)49-48(50-42)37-24-27-39(28-25-37)51-43-19-11-10-18-40(43)46-44(51)29-26-38-30-45(52-47(38)46)36-16-8-3-9-17-36/h1-31H. The van der Waals surface area contributed by atoms with Gasteiger partial charge in [0, 0.05) is 38.7 Å². The number of nitrogens with zero attached hydrogens (tertiary/aromatic N) is 3. The number of furan rings is 1. The van der Waals surface area contributed by atoms with E-state index < -0.39 is 0 Å². The van der Waals surface area contributed by atoms with Crippen LogP contribution in [-0.2, 0) is 0 Å². The van der Waals surface area contributed by atoms with E-state index in [4.69, 9.17) is 14.4 Å². The van der Waals surface area contributed by atoms with Gasteiger partial charge in [-0.1, -0.05) is 133 Å². The van der Waals surface area contributed by atoms with Crippen LogP contribution in [0.1, 0.15) is 0 Å². The van der Waals surface area contributed by atoms with Crippen molar-refractivity contribution in [2.45, 2.75) is 0 Å². The van der Waals surface area contributed by atoms with Gasteiger partial charge in [-0.25, -0.2) is 9.97 Å². The molecule has 0 unspecified atom stereocenters. The Morgan fingerprint density at radius 3 is 1.63 bits per heavy atom. The summed E-state index contributed by atoms with van der Waals surface area (Å²) in [6.07, 6.45) is 0. The summed E-state index contributed by atoms with van der Waals surface area (Å²) < 4.78 is 8.92. The number of hydrogen-bond donors (Lipinski definition) is 0. The smallest absolute Gasteiger partial charge is 0.160 e. The summed E-state index contributed by atoms with van der Waals surface area (Å²) in [5.41, 5.74) is 12.4. The van der Waals surface area contributed by atoms with Gasteiger partial charge in [0.15, 0.2) is 5.82 Å². The normalized spacial score (nSPS) is 11.5. The number of para-hydroxylation sites is 1. The molecule has 0 amide bonds. The topological polar surface area (TPSA) is 43.9 Å². The van der Waals surface area contributed by atoms with Crippen LogP contribution in [-0.4, -0.2) is 14.5 Å². The van der Waals surface area contributed by atoms with Gasteiger partial charge in [0.1, 0.15) is 11.3 Å². The van der Waals surface area contributed by atoms with Crippen molar-refractivity contribution in [3.63, 3.8) is 0 Å². The van der Waals surface area contributed by atoms with Crippen molar-refractivity contribution < 1.29 is 4.42 Å². The van der Waals surface area contributed by atoms with Gasteiger partial charge in [-0.3, -0.25) is 0 Å². The molecule has 0 radical (unpaired) electrons. The summed E-state index contributed by atoms with van der Waals surface area (Å²) >= 11 is 0.